The lowest BCUT2D eigenvalue weighted by atomic mass is 10.0. The van der Waals surface area contributed by atoms with Crippen LogP contribution in [-0.2, 0) is 14.3 Å². The Morgan fingerprint density at radius 1 is 0.378 bits per heavy atom. The summed E-state index contributed by atoms with van der Waals surface area (Å²) in [6.45, 7) is 4.97. The lowest BCUT2D eigenvalue weighted by Crippen LogP contribution is -2.45. The molecule has 6 nitrogen and oxygen atoms in total. The Hall–Kier alpha value is -1.66. The number of amides is 1. The quantitative estimate of drug-likeness (QED) is 0.0320. The third-order valence-corrected chi connectivity index (χ3v) is 15.8. The molecule has 0 fully saturated rings. The summed E-state index contributed by atoms with van der Waals surface area (Å²) in [7, 11) is 0. The predicted molar refractivity (Wildman–Crippen MR) is 324 cm³/mol. The molecule has 0 spiro atoms. The van der Waals surface area contributed by atoms with Crippen LogP contribution in [0, 0.1) is 0 Å². The maximum atomic E-state index is 12.5. The molecule has 0 aliphatic carbocycles. The van der Waals surface area contributed by atoms with Crippen molar-refractivity contribution in [1.82, 2.24) is 5.32 Å². The molecule has 0 saturated heterocycles. The van der Waals surface area contributed by atoms with Crippen LogP contribution in [0.1, 0.15) is 373 Å². The number of hydrogen-bond acceptors (Lipinski definition) is 5. The van der Waals surface area contributed by atoms with Crippen LogP contribution in [0.3, 0.4) is 0 Å². The van der Waals surface area contributed by atoms with Crippen molar-refractivity contribution in [3.05, 3.63) is 24.3 Å². The van der Waals surface area contributed by atoms with E-state index in [2.05, 4.69) is 43.5 Å². The summed E-state index contributed by atoms with van der Waals surface area (Å²) < 4.78 is 5.49. The summed E-state index contributed by atoms with van der Waals surface area (Å²) in [5, 5.41) is 23.2. The number of rotatable bonds is 63. The fourth-order valence-electron chi connectivity index (χ4n) is 10.6. The second kappa shape index (κ2) is 63.9. The van der Waals surface area contributed by atoms with Crippen LogP contribution < -0.4 is 5.32 Å². The second-order valence-corrected chi connectivity index (χ2v) is 23.2. The average Bonchev–Trinajstić information content (AvgIpc) is 3.40. The number of hydrogen-bond donors (Lipinski definition) is 3. The molecule has 0 aliphatic heterocycles. The van der Waals surface area contributed by atoms with Gasteiger partial charge < -0.3 is 20.3 Å². The molecule has 0 rings (SSSR count). The molecule has 3 N–H and O–H groups in total. The smallest absolute Gasteiger partial charge is 0.305 e. The normalized spacial score (nSPS) is 12.6. The van der Waals surface area contributed by atoms with E-state index in [1.54, 1.807) is 0 Å². The van der Waals surface area contributed by atoms with Crippen molar-refractivity contribution in [3.63, 3.8) is 0 Å². The lowest BCUT2D eigenvalue weighted by Gasteiger charge is -2.22. The zero-order valence-electron chi connectivity index (χ0n) is 50.1. The van der Waals surface area contributed by atoms with Crippen molar-refractivity contribution >= 4 is 11.9 Å². The van der Waals surface area contributed by atoms with E-state index in [0.717, 1.165) is 44.9 Å². The Morgan fingerprint density at radius 2 is 0.676 bits per heavy atom. The van der Waals surface area contributed by atoms with E-state index in [1.165, 1.54) is 295 Å². The minimum atomic E-state index is -0.662. The van der Waals surface area contributed by atoms with Gasteiger partial charge in [-0.2, -0.15) is 0 Å². The molecule has 0 aromatic heterocycles. The third-order valence-electron chi connectivity index (χ3n) is 15.8. The highest BCUT2D eigenvalue weighted by Crippen LogP contribution is 2.18. The molecule has 0 radical (unpaired) electrons. The van der Waals surface area contributed by atoms with Crippen LogP contribution >= 0.6 is 0 Å². The molecular formula is C68H131NO5. The molecular weight excluding hydrogens is 911 g/mol. The van der Waals surface area contributed by atoms with Gasteiger partial charge >= 0.3 is 5.97 Å². The standard InChI is InChI=1S/C68H131NO5/c1-3-5-7-9-11-13-15-17-38-42-46-50-54-58-62-68(73)74-63-59-55-51-47-43-39-36-34-32-30-28-26-24-22-20-18-19-21-23-25-27-29-31-33-35-37-41-45-49-53-57-61-67(72)69-65(64-70)66(71)60-56-52-48-44-40-16-14-12-10-8-6-4-2/h20,22,26,28,65-66,70-71H,3-19,21,23-25,27,29-64H2,1-2H3,(H,69,72)/b22-20-,28-26-. The summed E-state index contributed by atoms with van der Waals surface area (Å²) in [5.41, 5.74) is 0. The van der Waals surface area contributed by atoms with Crippen LogP contribution in [0.15, 0.2) is 24.3 Å². The van der Waals surface area contributed by atoms with Crippen LogP contribution in [0.5, 0.6) is 0 Å². The Kier molecular flexibility index (Phi) is 62.4. The highest BCUT2D eigenvalue weighted by Gasteiger charge is 2.20. The van der Waals surface area contributed by atoms with E-state index in [1.807, 2.05) is 0 Å². The van der Waals surface area contributed by atoms with E-state index in [9.17, 15) is 19.8 Å². The Bertz CT molecular complexity index is 1150. The highest BCUT2D eigenvalue weighted by molar-refractivity contribution is 5.76. The van der Waals surface area contributed by atoms with Gasteiger partial charge in [-0.15, -0.1) is 0 Å². The van der Waals surface area contributed by atoms with Gasteiger partial charge in [0, 0.05) is 12.8 Å². The zero-order chi connectivity index (χ0) is 53.6. The largest absolute Gasteiger partial charge is 0.466 e. The van der Waals surface area contributed by atoms with Crippen molar-refractivity contribution in [2.45, 2.75) is 386 Å². The fraction of sp³-hybridized carbons (Fsp3) is 0.912. The van der Waals surface area contributed by atoms with Gasteiger partial charge in [-0.3, -0.25) is 9.59 Å². The molecule has 0 bridgehead atoms. The Morgan fingerprint density at radius 3 is 1.03 bits per heavy atom. The zero-order valence-corrected chi connectivity index (χ0v) is 50.1. The van der Waals surface area contributed by atoms with Gasteiger partial charge in [-0.05, 0) is 57.8 Å². The van der Waals surface area contributed by atoms with Crippen molar-refractivity contribution in [2.75, 3.05) is 13.2 Å². The van der Waals surface area contributed by atoms with Gasteiger partial charge in [0.05, 0.1) is 25.4 Å². The molecule has 0 saturated carbocycles. The van der Waals surface area contributed by atoms with E-state index in [-0.39, 0.29) is 18.5 Å². The molecule has 74 heavy (non-hydrogen) atoms. The minimum absolute atomic E-state index is 0.0159. The molecule has 1 amide bonds. The highest BCUT2D eigenvalue weighted by atomic mass is 16.5. The van der Waals surface area contributed by atoms with Crippen molar-refractivity contribution in [3.8, 4) is 0 Å². The number of unbranched alkanes of at least 4 members (excludes halogenated alkanes) is 48. The first-order valence-electron chi connectivity index (χ1n) is 33.6. The summed E-state index contributed by atoms with van der Waals surface area (Å²) in [4.78, 5) is 24.5. The number of carbonyl (C=O) groups excluding carboxylic acids is 2. The second-order valence-electron chi connectivity index (χ2n) is 23.2. The van der Waals surface area contributed by atoms with Gasteiger partial charge in [-0.1, -0.05) is 327 Å². The number of aliphatic hydroxyl groups excluding tert-OH is 2. The van der Waals surface area contributed by atoms with Crippen molar-refractivity contribution in [1.29, 1.82) is 0 Å². The number of carbonyl (C=O) groups is 2. The molecule has 2 unspecified atom stereocenters. The predicted octanol–water partition coefficient (Wildman–Crippen LogP) is 21.4. The average molecular weight is 1040 g/mol. The number of nitrogens with one attached hydrogen (secondary N) is 1. The van der Waals surface area contributed by atoms with Gasteiger partial charge in [0.2, 0.25) is 5.91 Å². The van der Waals surface area contributed by atoms with Crippen LogP contribution in [-0.4, -0.2) is 47.4 Å². The number of aliphatic hydroxyl groups is 2. The topological polar surface area (TPSA) is 95.9 Å². The fourth-order valence-corrected chi connectivity index (χ4v) is 10.6. The van der Waals surface area contributed by atoms with Gasteiger partial charge in [0.15, 0.2) is 0 Å². The molecule has 0 heterocycles. The summed E-state index contributed by atoms with van der Waals surface area (Å²) in [5.74, 6) is -0.0173. The van der Waals surface area contributed by atoms with E-state index in [4.69, 9.17) is 4.74 Å². The minimum Gasteiger partial charge on any atom is -0.466 e. The molecule has 0 aromatic carbocycles. The van der Waals surface area contributed by atoms with Crippen LogP contribution in [0.2, 0.25) is 0 Å². The van der Waals surface area contributed by atoms with Crippen molar-refractivity contribution < 1.29 is 24.5 Å². The number of allylic oxidation sites excluding steroid dienone is 4. The summed E-state index contributed by atoms with van der Waals surface area (Å²) in [6, 6.07) is -0.539. The van der Waals surface area contributed by atoms with E-state index >= 15 is 0 Å². The van der Waals surface area contributed by atoms with E-state index in [0.29, 0.717) is 25.9 Å². The molecule has 6 heteroatoms. The Labute approximate surface area is 462 Å². The van der Waals surface area contributed by atoms with Crippen LogP contribution in [0.4, 0.5) is 0 Å². The Balaban J connectivity index is 3.37. The molecule has 438 valence electrons. The number of ether oxygens (including phenoxy) is 1. The monoisotopic (exact) mass is 1040 g/mol. The summed E-state index contributed by atoms with van der Waals surface area (Å²) >= 11 is 0. The van der Waals surface area contributed by atoms with E-state index < -0.39 is 12.1 Å². The van der Waals surface area contributed by atoms with Crippen LogP contribution in [0.25, 0.3) is 0 Å². The number of esters is 1. The first-order valence-corrected chi connectivity index (χ1v) is 33.6. The van der Waals surface area contributed by atoms with Gasteiger partial charge in [-0.25, -0.2) is 0 Å². The summed E-state index contributed by atoms with van der Waals surface area (Å²) in [6.07, 6.45) is 79.3. The first kappa shape index (κ1) is 72.3. The third kappa shape index (κ3) is 59.6. The molecule has 2 atom stereocenters. The first-order chi connectivity index (χ1) is 36.5. The van der Waals surface area contributed by atoms with Gasteiger partial charge in [0.25, 0.3) is 0 Å². The molecule has 0 aromatic rings. The molecule has 0 aliphatic rings. The SMILES string of the molecule is CCCCCCCCCCCCCCCCC(=O)OCCCCCCCCCCC/C=C\C/C=C\CCCCCCCCCCCCCCCCCC(=O)NC(CO)C(O)CCCCCCCCCCCCCC. The van der Waals surface area contributed by atoms with Gasteiger partial charge in [0.1, 0.15) is 0 Å². The lowest BCUT2D eigenvalue weighted by molar-refractivity contribution is -0.143. The maximum absolute atomic E-state index is 12.5. The van der Waals surface area contributed by atoms with Crippen molar-refractivity contribution in [2.24, 2.45) is 0 Å². The maximum Gasteiger partial charge on any atom is 0.305 e.